The molecule has 1 fully saturated rings. The third-order valence-corrected chi connectivity index (χ3v) is 3.31. The van der Waals surface area contributed by atoms with Crippen LogP contribution in [0.2, 0.25) is 0 Å². The standard InChI is InChI=1S/C14H16F4N2O2/c1-8-2-3-11(22-13(15)16)9(4-8)6-19-12(21)10-5-14(17,18)7-20-10/h2-4,10,13,20H,5-7H2,1H3,(H,19,21). The maximum atomic E-state index is 13.0. The maximum Gasteiger partial charge on any atom is 0.387 e. The van der Waals surface area contributed by atoms with E-state index in [1.165, 1.54) is 6.07 Å². The van der Waals surface area contributed by atoms with E-state index in [1.807, 2.05) is 0 Å². The molecule has 8 heteroatoms. The average Bonchev–Trinajstić information content (AvgIpc) is 2.78. The van der Waals surface area contributed by atoms with Crippen LogP contribution < -0.4 is 15.4 Å². The summed E-state index contributed by atoms with van der Waals surface area (Å²) in [5.74, 6) is -3.55. The Labute approximate surface area is 124 Å². The summed E-state index contributed by atoms with van der Waals surface area (Å²) < 4.78 is 55.1. The van der Waals surface area contributed by atoms with Crippen LogP contribution in [0.5, 0.6) is 5.75 Å². The van der Waals surface area contributed by atoms with Gasteiger partial charge < -0.3 is 10.1 Å². The van der Waals surface area contributed by atoms with Gasteiger partial charge in [0.05, 0.1) is 12.6 Å². The first-order valence-electron chi connectivity index (χ1n) is 6.70. The SMILES string of the molecule is Cc1ccc(OC(F)F)c(CNC(=O)C2CC(F)(F)CN2)c1. The average molecular weight is 320 g/mol. The normalized spacial score (nSPS) is 20.2. The van der Waals surface area contributed by atoms with Gasteiger partial charge >= 0.3 is 6.61 Å². The number of carbonyl (C=O) groups excluding carboxylic acids is 1. The van der Waals surface area contributed by atoms with Crippen molar-refractivity contribution in [1.29, 1.82) is 0 Å². The summed E-state index contributed by atoms with van der Waals surface area (Å²) in [6, 6.07) is 3.58. The minimum atomic E-state index is -2.98. The molecule has 0 aromatic heterocycles. The first-order chi connectivity index (χ1) is 10.3. The zero-order valence-electron chi connectivity index (χ0n) is 11.8. The van der Waals surface area contributed by atoms with Crippen LogP contribution in [0, 0.1) is 6.92 Å². The van der Waals surface area contributed by atoms with Gasteiger partial charge in [-0.2, -0.15) is 8.78 Å². The Morgan fingerprint density at radius 2 is 2.23 bits per heavy atom. The number of aryl methyl sites for hydroxylation is 1. The van der Waals surface area contributed by atoms with Crippen molar-refractivity contribution in [3.63, 3.8) is 0 Å². The molecule has 0 spiro atoms. The fourth-order valence-corrected chi connectivity index (χ4v) is 2.26. The van der Waals surface area contributed by atoms with Gasteiger partial charge in [0.2, 0.25) is 5.91 Å². The lowest BCUT2D eigenvalue weighted by Gasteiger charge is -2.14. The molecule has 0 saturated carbocycles. The molecule has 1 heterocycles. The molecule has 1 atom stereocenters. The lowest BCUT2D eigenvalue weighted by atomic mass is 10.1. The number of hydrogen-bond donors (Lipinski definition) is 2. The van der Waals surface area contributed by atoms with E-state index in [0.717, 1.165) is 5.56 Å². The molecule has 0 radical (unpaired) electrons. The van der Waals surface area contributed by atoms with Crippen LogP contribution in [0.15, 0.2) is 18.2 Å². The Balaban J connectivity index is 1.99. The topological polar surface area (TPSA) is 50.4 Å². The summed E-state index contributed by atoms with van der Waals surface area (Å²) in [7, 11) is 0. The Kier molecular flexibility index (Phi) is 4.90. The molecule has 0 aliphatic carbocycles. The lowest BCUT2D eigenvalue weighted by molar-refractivity contribution is -0.123. The number of halogens is 4. The molecule has 1 aromatic rings. The van der Waals surface area contributed by atoms with E-state index in [0.29, 0.717) is 5.56 Å². The molecule has 1 aromatic carbocycles. The molecular weight excluding hydrogens is 304 g/mol. The molecule has 1 unspecified atom stereocenters. The van der Waals surface area contributed by atoms with Crippen LogP contribution in [0.4, 0.5) is 17.6 Å². The number of alkyl halides is 4. The molecule has 22 heavy (non-hydrogen) atoms. The van der Waals surface area contributed by atoms with Crippen molar-refractivity contribution < 1.29 is 27.1 Å². The number of amides is 1. The Morgan fingerprint density at radius 1 is 1.50 bits per heavy atom. The zero-order chi connectivity index (χ0) is 16.3. The van der Waals surface area contributed by atoms with Crippen molar-refractivity contribution in [3.8, 4) is 5.75 Å². The summed E-state index contributed by atoms with van der Waals surface area (Å²) >= 11 is 0. The fourth-order valence-electron chi connectivity index (χ4n) is 2.26. The maximum absolute atomic E-state index is 13.0. The molecule has 122 valence electrons. The van der Waals surface area contributed by atoms with Crippen molar-refractivity contribution in [1.82, 2.24) is 10.6 Å². The van der Waals surface area contributed by atoms with Crippen LogP contribution in [-0.4, -0.2) is 31.0 Å². The molecule has 1 aliphatic heterocycles. The molecule has 0 bridgehead atoms. The van der Waals surface area contributed by atoms with E-state index in [1.54, 1.807) is 19.1 Å². The number of benzene rings is 1. The van der Waals surface area contributed by atoms with Crippen molar-refractivity contribution in [2.45, 2.75) is 38.5 Å². The van der Waals surface area contributed by atoms with Crippen LogP contribution in [0.25, 0.3) is 0 Å². The first kappa shape index (κ1) is 16.5. The van der Waals surface area contributed by atoms with Crippen LogP contribution >= 0.6 is 0 Å². The predicted octanol–water partition coefficient (Wildman–Crippen LogP) is 2.21. The van der Waals surface area contributed by atoms with Crippen molar-refractivity contribution in [2.24, 2.45) is 0 Å². The first-order valence-corrected chi connectivity index (χ1v) is 6.70. The molecule has 4 nitrogen and oxygen atoms in total. The number of nitrogens with one attached hydrogen (secondary N) is 2. The van der Waals surface area contributed by atoms with E-state index in [-0.39, 0.29) is 12.3 Å². The van der Waals surface area contributed by atoms with Gasteiger partial charge in [-0.15, -0.1) is 0 Å². The third kappa shape index (κ3) is 4.33. The van der Waals surface area contributed by atoms with E-state index in [4.69, 9.17) is 0 Å². The zero-order valence-corrected chi connectivity index (χ0v) is 11.8. The van der Waals surface area contributed by atoms with Crippen molar-refractivity contribution >= 4 is 5.91 Å². The summed E-state index contributed by atoms with van der Waals surface area (Å²) in [5.41, 5.74) is 1.16. The van der Waals surface area contributed by atoms with Gasteiger partial charge in [-0.1, -0.05) is 17.7 Å². The van der Waals surface area contributed by atoms with Gasteiger partial charge in [0, 0.05) is 18.5 Å². The van der Waals surface area contributed by atoms with Gasteiger partial charge in [-0.25, -0.2) is 8.78 Å². The van der Waals surface area contributed by atoms with Crippen molar-refractivity contribution in [3.05, 3.63) is 29.3 Å². The van der Waals surface area contributed by atoms with Crippen LogP contribution in [0.3, 0.4) is 0 Å². The van der Waals surface area contributed by atoms with E-state index in [9.17, 15) is 22.4 Å². The van der Waals surface area contributed by atoms with Gasteiger partial charge in [0.15, 0.2) is 0 Å². The molecule has 2 rings (SSSR count). The molecular formula is C14H16F4N2O2. The highest BCUT2D eigenvalue weighted by atomic mass is 19.3. The van der Waals surface area contributed by atoms with Gasteiger partial charge in [0.25, 0.3) is 5.92 Å². The van der Waals surface area contributed by atoms with E-state index >= 15 is 0 Å². The Morgan fingerprint density at radius 3 is 2.82 bits per heavy atom. The molecule has 2 N–H and O–H groups in total. The number of hydrogen-bond acceptors (Lipinski definition) is 3. The third-order valence-electron chi connectivity index (χ3n) is 3.31. The summed E-state index contributed by atoms with van der Waals surface area (Å²) in [6.45, 7) is -1.84. The van der Waals surface area contributed by atoms with Crippen molar-refractivity contribution in [2.75, 3.05) is 6.54 Å². The summed E-state index contributed by atoms with van der Waals surface area (Å²) in [5, 5.41) is 4.89. The van der Waals surface area contributed by atoms with Crippen LogP contribution in [-0.2, 0) is 11.3 Å². The van der Waals surface area contributed by atoms with E-state index < -0.39 is 37.4 Å². The van der Waals surface area contributed by atoms with Crippen LogP contribution in [0.1, 0.15) is 17.5 Å². The summed E-state index contributed by atoms with van der Waals surface area (Å²) in [6.07, 6.45) is -0.576. The second kappa shape index (κ2) is 6.51. The largest absolute Gasteiger partial charge is 0.434 e. The lowest BCUT2D eigenvalue weighted by Crippen LogP contribution is -2.40. The highest BCUT2D eigenvalue weighted by molar-refractivity contribution is 5.82. The summed E-state index contributed by atoms with van der Waals surface area (Å²) in [4.78, 5) is 11.8. The number of ether oxygens (including phenoxy) is 1. The monoisotopic (exact) mass is 320 g/mol. The van der Waals surface area contributed by atoms with Gasteiger partial charge in [-0.3, -0.25) is 10.1 Å². The highest BCUT2D eigenvalue weighted by Gasteiger charge is 2.42. The number of rotatable bonds is 5. The van der Waals surface area contributed by atoms with E-state index in [2.05, 4.69) is 15.4 Å². The Hall–Kier alpha value is -1.83. The fraction of sp³-hybridized carbons (Fsp3) is 0.500. The quantitative estimate of drug-likeness (QED) is 0.818. The Bertz CT molecular complexity index is 552. The highest BCUT2D eigenvalue weighted by Crippen LogP contribution is 2.25. The molecule has 1 saturated heterocycles. The second-order valence-corrected chi connectivity index (χ2v) is 5.20. The number of carbonyl (C=O) groups is 1. The second-order valence-electron chi connectivity index (χ2n) is 5.20. The minimum Gasteiger partial charge on any atom is -0.434 e. The predicted molar refractivity (Wildman–Crippen MR) is 71.0 cm³/mol. The van der Waals surface area contributed by atoms with Gasteiger partial charge in [-0.05, 0) is 13.0 Å². The smallest absolute Gasteiger partial charge is 0.387 e. The molecule has 1 amide bonds. The van der Waals surface area contributed by atoms with Gasteiger partial charge in [0.1, 0.15) is 5.75 Å². The molecule has 1 aliphatic rings. The minimum absolute atomic E-state index is 0.0504.